The molecule has 0 unspecified atom stereocenters. The monoisotopic (exact) mass is 430 g/mol. The molecule has 6 nitrogen and oxygen atoms in total. The first-order valence-corrected chi connectivity index (χ1v) is 10.4. The summed E-state index contributed by atoms with van der Waals surface area (Å²) in [5.41, 5.74) is -0.453. The summed E-state index contributed by atoms with van der Waals surface area (Å²) in [7, 11) is 0. The van der Waals surface area contributed by atoms with Crippen molar-refractivity contribution in [2.24, 2.45) is 0 Å². The highest BCUT2D eigenvalue weighted by atomic mass is 16.5. The van der Waals surface area contributed by atoms with E-state index in [0.29, 0.717) is 30.8 Å². The zero-order chi connectivity index (χ0) is 23.3. The quantitative estimate of drug-likeness (QED) is 0.604. The molecule has 0 saturated heterocycles. The molecule has 0 bridgehead atoms. The van der Waals surface area contributed by atoms with Gasteiger partial charge in [0.1, 0.15) is 24.7 Å². The molecule has 2 aromatic rings. The van der Waals surface area contributed by atoms with Gasteiger partial charge in [-0.15, -0.1) is 0 Å². The van der Waals surface area contributed by atoms with Gasteiger partial charge in [0.05, 0.1) is 12.2 Å². The predicted molar refractivity (Wildman–Crippen MR) is 120 cm³/mol. The number of aliphatic hydroxyl groups is 3. The summed E-state index contributed by atoms with van der Waals surface area (Å²) in [5, 5.41) is 28.5. The molecule has 0 radical (unpaired) electrons. The average Bonchev–Trinajstić information content (AvgIpc) is 2.80. The molecule has 6 heteroatoms. The molecule has 3 N–H and O–H groups in total. The van der Waals surface area contributed by atoms with Crippen LogP contribution in [-0.4, -0.2) is 46.7 Å². The lowest BCUT2D eigenvalue weighted by atomic mass is 9.79. The van der Waals surface area contributed by atoms with Crippen molar-refractivity contribution in [3.63, 3.8) is 0 Å². The van der Waals surface area contributed by atoms with E-state index in [1.54, 1.807) is 38.1 Å². The number of Topliss-reactive ketones (excluding diaryl/α,β-unsaturated/α-hetero) is 1. The normalized spacial score (nSPS) is 14.9. The molecule has 0 atom stereocenters. The minimum atomic E-state index is -1.10. The number of carbonyl (C=O) groups is 2. The first-order chi connectivity index (χ1) is 14.8. The highest BCUT2D eigenvalue weighted by Crippen LogP contribution is 2.31. The standard InChI is InChI=1S/C13H16O2.C11H16O3.CH2O/c14-12(11-7-3-1-4-8-11)13(15)9-5-2-6-10-13;1-11(2,13)9-3-5-10(6-4-9)14-8-7-12;1-2/h1,3-4,7-8,15H,2,5-6,9-10H2;3-6,12-13H,7-8H2,1-2H3;1H2. The minimum absolute atomic E-state index is 0.00719. The molecule has 170 valence electrons. The number of carbonyl (C=O) groups excluding carboxylic acids is 2. The molecule has 31 heavy (non-hydrogen) atoms. The van der Waals surface area contributed by atoms with Crippen LogP contribution in [0, 0.1) is 0 Å². The van der Waals surface area contributed by atoms with Gasteiger partial charge in [-0.1, -0.05) is 61.7 Å². The largest absolute Gasteiger partial charge is 0.491 e. The third-order valence-corrected chi connectivity index (χ3v) is 5.06. The van der Waals surface area contributed by atoms with E-state index < -0.39 is 11.2 Å². The van der Waals surface area contributed by atoms with E-state index >= 15 is 0 Å². The van der Waals surface area contributed by atoms with Gasteiger partial charge in [-0.3, -0.25) is 4.79 Å². The third kappa shape index (κ3) is 8.61. The molecular formula is C25H34O6. The Bertz CT molecular complexity index is 759. The first-order valence-electron chi connectivity index (χ1n) is 10.4. The number of ketones is 1. The van der Waals surface area contributed by atoms with Crippen LogP contribution in [0.1, 0.15) is 61.9 Å². The molecule has 0 aromatic heterocycles. The van der Waals surface area contributed by atoms with E-state index in [0.717, 1.165) is 24.8 Å². The zero-order valence-electron chi connectivity index (χ0n) is 18.4. The molecule has 1 fully saturated rings. The van der Waals surface area contributed by atoms with Crippen LogP contribution in [0.3, 0.4) is 0 Å². The van der Waals surface area contributed by atoms with Crippen molar-refractivity contribution in [3.05, 3.63) is 65.7 Å². The van der Waals surface area contributed by atoms with Crippen LogP contribution in [0.25, 0.3) is 0 Å². The highest BCUT2D eigenvalue weighted by Gasteiger charge is 2.37. The van der Waals surface area contributed by atoms with Crippen LogP contribution in [0.2, 0.25) is 0 Å². The Hall–Kier alpha value is -2.54. The van der Waals surface area contributed by atoms with Crippen LogP contribution >= 0.6 is 0 Å². The average molecular weight is 431 g/mol. The van der Waals surface area contributed by atoms with Gasteiger partial charge in [0.2, 0.25) is 0 Å². The van der Waals surface area contributed by atoms with Gasteiger partial charge in [-0.25, -0.2) is 0 Å². The number of hydrogen-bond acceptors (Lipinski definition) is 6. The van der Waals surface area contributed by atoms with Crippen molar-refractivity contribution in [2.45, 2.75) is 57.2 Å². The predicted octanol–water partition coefficient (Wildman–Crippen LogP) is 3.66. The van der Waals surface area contributed by atoms with E-state index in [1.807, 2.05) is 37.1 Å². The van der Waals surface area contributed by atoms with Crippen molar-refractivity contribution in [1.82, 2.24) is 0 Å². The molecule has 3 rings (SSSR count). The molecule has 1 saturated carbocycles. The summed E-state index contributed by atoms with van der Waals surface area (Å²) in [6, 6.07) is 16.3. The zero-order valence-corrected chi connectivity index (χ0v) is 18.4. The van der Waals surface area contributed by atoms with E-state index in [4.69, 9.17) is 14.6 Å². The number of benzene rings is 2. The number of hydrogen-bond donors (Lipinski definition) is 3. The minimum Gasteiger partial charge on any atom is -0.491 e. The lowest BCUT2D eigenvalue weighted by Gasteiger charge is -2.30. The topological polar surface area (TPSA) is 104 Å². The third-order valence-electron chi connectivity index (χ3n) is 5.06. The molecule has 0 spiro atoms. The van der Waals surface area contributed by atoms with Crippen molar-refractivity contribution >= 4 is 12.6 Å². The fraction of sp³-hybridized carbons (Fsp3) is 0.440. The van der Waals surface area contributed by atoms with Crippen LogP contribution < -0.4 is 4.74 Å². The Morgan fingerprint density at radius 1 is 1.00 bits per heavy atom. The number of rotatable bonds is 6. The fourth-order valence-corrected chi connectivity index (χ4v) is 3.34. The van der Waals surface area contributed by atoms with Gasteiger partial charge in [0.25, 0.3) is 0 Å². The maximum absolute atomic E-state index is 12.1. The van der Waals surface area contributed by atoms with Crippen molar-refractivity contribution in [1.29, 1.82) is 0 Å². The van der Waals surface area contributed by atoms with Crippen molar-refractivity contribution in [2.75, 3.05) is 13.2 Å². The van der Waals surface area contributed by atoms with E-state index in [1.165, 1.54) is 0 Å². The molecular weight excluding hydrogens is 396 g/mol. The summed E-state index contributed by atoms with van der Waals surface area (Å²) in [5.74, 6) is 0.592. The molecule has 0 heterocycles. The van der Waals surface area contributed by atoms with E-state index in [2.05, 4.69) is 0 Å². The Morgan fingerprint density at radius 3 is 2.03 bits per heavy atom. The van der Waals surface area contributed by atoms with Crippen LogP contribution in [0.4, 0.5) is 0 Å². The Kier molecular flexibility index (Phi) is 11.1. The highest BCUT2D eigenvalue weighted by molar-refractivity contribution is 6.02. The summed E-state index contributed by atoms with van der Waals surface area (Å²) in [6.45, 7) is 5.77. The van der Waals surface area contributed by atoms with E-state index in [-0.39, 0.29) is 12.4 Å². The smallest absolute Gasteiger partial charge is 0.194 e. The second kappa shape index (κ2) is 13.0. The summed E-state index contributed by atoms with van der Waals surface area (Å²) >= 11 is 0. The first kappa shape index (κ1) is 26.5. The lowest BCUT2D eigenvalue weighted by molar-refractivity contribution is -0.0980. The van der Waals surface area contributed by atoms with Crippen LogP contribution in [0.5, 0.6) is 5.75 Å². The Morgan fingerprint density at radius 2 is 1.55 bits per heavy atom. The number of ether oxygens (including phenoxy) is 1. The molecule has 2 aromatic carbocycles. The molecule has 1 aliphatic rings. The van der Waals surface area contributed by atoms with Gasteiger partial charge in [0, 0.05) is 5.56 Å². The second-order valence-corrected chi connectivity index (χ2v) is 7.94. The van der Waals surface area contributed by atoms with Crippen molar-refractivity contribution < 1.29 is 29.6 Å². The van der Waals surface area contributed by atoms with Gasteiger partial charge in [0.15, 0.2) is 5.78 Å². The lowest BCUT2D eigenvalue weighted by Crippen LogP contribution is -2.40. The van der Waals surface area contributed by atoms with Gasteiger partial charge >= 0.3 is 0 Å². The summed E-state index contributed by atoms with van der Waals surface area (Å²) < 4.78 is 5.19. The Balaban J connectivity index is 0.000000288. The molecule has 0 amide bonds. The maximum atomic E-state index is 12.1. The second-order valence-electron chi connectivity index (χ2n) is 7.94. The Labute approximate surface area is 184 Å². The molecule has 1 aliphatic carbocycles. The summed E-state index contributed by atoms with van der Waals surface area (Å²) in [6.07, 6.45) is 4.26. The maximum Gasteiger partial charge on any atom is 0.194 e. The van der Waals surface area contributed by atoms with Gasteiger partial charge in [-0.2, -0.15) is 0 Å². The molecule has 0 aliphatic heterocycles. The van der Waals surface area contributed by atoms with Crippen LogP contribution in [-0.2, 0) is 10.4 Å². The number of aliphatic hydroxyl groups excluding tert-OH is 1. The summed E-state index contributed by atoms with van der Waals surface area (Å²) in [4.78, 5) is 20.1. The fourth-order valence-electron chi connectivity index (χ4n) is 3.34. The van der Waals surface area contributed by atoms with Gasteiger partial charge in [-0.05, 0) is 44.4 Å². The van der Waals surface area contributed by atoms with E-state index in [9.17, 15) is 15.0 Å². The van der Waals surface area contributed by atoms with Gasteiger partial charge < -0.3 is 24.9 Å². The van der Waals surface area contributed by atoms with Crippen LogP contribution in [0.15, 0.2) is 54.6 Å². The van der Waals surface area contributed by atoms with Crippen molar-refractivity contribution in [3.8, 4) is 5.75 Å². The SMILES string of the molecule is C=O.CC(C)(O)c1ccc(OCCO)cc1.O=C(c1ccccc1)C1(O)CCCCC1.